The summed E-state index contributed by atoms with van der Waals surface area (Å²) in [6.45, 7) is 2.44. The van der Waals surface area contributed by atoms with E-state index in [0.29, 0.717) is 18.0 Å². The monoisotopic (exact) mass is 258 g/mol. The molecule has 0 aliphatic heterocycles. The van der Waals surface area contributed by atoms with E-state index in [1.807, 2.05) is 6.92 Å². The number of anilines is 1. The average molecular weight is 258 g/mol. The topological polar surface area (TPSA) is 71.2 Å². The van der Waals surface area contributed by atoms with Crippen molar-refractivity contribution < 1.29 is 9.53 Å². The van der Waals surface area contributed by atoms with Crippen molar-refractivity contribution in [1.29, 1.82) is 0 Å². The van der Waals surface area contributed by atoms with Crippen molar-refractivity contribution in [1.82, 2.24) is 4.98 Å². The molecule has 0 spiro atoms. The second-order valence-corrected chi connectivity index (χ2v) is 3.83. The van der Waals surface area contributed by atoms with Crippen LogP contribution >= 0.6 is 0 Å². The number of nitrogens with one attached hydrogen (secondary N) is 2. The standard InChI is InChI=1S/C14H14N2O3/c1-2-19-11-6-3-5-10(9-11)16-14(18)12-7-4-8-15-13(12)17/h3-9H,2H2,1H3,(H,15,17)(H,16,18). The first-order chi connectivity index (χ1) is 9.20. The smallest absolute Gasteiger partial charge is 0.261 e. The lowest BCUT2D eigenvalue weighted by atomic mass is 10.2. The number of pyridine rings is 1. The highest BCUT2D eigenvalue weighted by Crippen LogP contribution is 2.17. The van der Waals surface area contributed by atoms with Crippen LogP contribution in [0.25, 0.3) is 0 Å². The number of H-pyrrole nitrogens is 1. The fourth-order valence-electron chi connectivity index (χ4n) is 1.63. The minimum Gasteiger partial charge on any atom is -0.494 e. The number of amides is 1. The van der Waals surface area contributed by atoms with Gasteiger partial charge in [0.15, 0.2) is 0 Å². The first kappa shape index (κ1) is 12.9. The van der Waals surface area contributed by atoms with Crippen LogP contribution in [0.4, 0.5) is 5.69 Å². The summed E-state index contributed by atoms with van der Waals surface area (Å²) in [5.41, 5.74) is 0.240. The minimum atomic E-state index is -0.449. The first-order valence-electron chi connectivity index (χ1n) is 5.92. The molecule has 19 heavy (non-hydrogen) atoms. The zero-order valence-corrected chi connectivity index (χ0v) is 10.5. The van der Waals surface area contributed by atoms with E-state index >= 15 is 0 Å². The molecule has 0 saturated carbocycles. The van der Waals surface area contributed by atoms with Gasteiger partial charge in [0.25, 0.3) is 11.5 Å². The van der Waals surface area contributed by atoms with E-state index in [1.165, 1.54) is 12.3 Å². The Kier molecular flexibility index (Phi) is 3.97. The highest BCUT2D eigenvalue weighted by atomic mass is 16.5. The molecular weight excluding hydrogens is 244 g/mol. The number of ether oxygens (including phenoxy) is 1. The van der Waals surface area contributed by atoms with E-state index in [9.17, 15) is 9.59 Å². The number of rotatable bonds is 4. The van der Waals surface area contributed by atoms with E-state index in [4.69, 9.17) is 4.74 Å². The SMILES string of the molecule is CCOc1cccc(NC(=O)c2ccc[nH]c2=O)c1. The van der Waals surface area contributed by atoms with Crippen molar-refractivity contribution in [3.63, 3.8) is 0 Å². The number of carbonyl (C=O) groups excluding carboxylic acids is 1. The summed E-state index contributed by atoms with van der Waals surface area (Å²) in [4.78, 5) is 25.9. The molecule has 2 rings (SSSR count). The van der Waals surface area contributed by atoms with Crippen molar-refractivity contribution in [2.24, 2.45) is 0 Å². The Bertz CT molecular complexity index is 634. The summed E-state index contributed by atoms with van der Waals surface area (Å²) in [7, 11) is 0. The molecule has 1 amide bonds. The lowest BCUT2D eigenvalue weighted by Gasteiger charge is -2.07. The van der Waals surface area contributed by atoms with Crippen molar-refractivity contribution in [3.8, 4) is 5.75 Å². The van der Waals surface area contributed by atoms with Crippen LogP contribution in [0, 0.1) is 0 Å². The maximum Gasteiger partial charge on any atom is 0.261 e. The lowest BCUT2D eigenvalue weighted by molar-refractivity contribution is 0.102. The van der Waals surface area contributed by atoms with Crippen LogP contribution < -0.4 is 15.6 Å². The minimum absolute atomic E-state index is 0.0734. The third-order valence-electron chi connectivity index (χ3n) is 2.47. The molecule has 0 saturated heterocycles. The van der Waals surface area contributed by atoms with Gasteiger partial charge in [-0.05, 0) is 31.2 Å². The average Bonchev–Trinajstić information content (AvgIpc) is 2.40. The zero-order chi connectivity index (χ0) is 13.7. The van der Waals surface area contributed by atoms with Gasteiger partial charge in [-0.1, -0.05) is 6.07 Å². The van der Waals surface area contributed by atoms with Crippen LogP contribution in [0.5, 0.6) is 5.75 Å². The van der Waals surface area contributed by atoms with Gasteiger partial charge in [-0.15, -0.1) is 0 Å². The molecule has 2 aromatic rings. The number of benzene rings is 1. The molecule has 0 fully saturated rings. The summed E-state index contributed by atoms with van der Waals surface area (Å²) < 4.78 is 5.34. The first-order valence-corrected chi connectivity index (χ1v) is 5.92. The van der Waals surface area contributed by atoms with Crippen LogP contribution in [-0.2, 0) is 0 Å². The highest BCUT2D eigenvalue weighted by Gasteiger charge is 2.09. The van der Waals surface area contributed by atoms with Crippen LogP contribution in [0.15, 0.2) is 47.4 Å². The molecule has 0 atom stereocenters. The fraction of sp³-hybridized carbons (Fsp3) is 0.143. The highest BCUT2D eigenvalue weighted by molar-refractivity contribution is 6.04. The quantitative estimate of drug-likeness (QED) is 0.881. The maximum absolute atomic E-state index is 11.9. The molecule has 0 aliphatic carbocycles. The maximum atomic E-state index is 11.9. The van der Waals surface area contributed by atoms with Gasteiger partial charge in [0.1, 0.15) is 11.3 Å². The Morgan fingerprint density at radius 3 is 2.89 bits per heavy atom. The summed E-state index contributed by atoms with van der Waals surface area (Å²) in [6, 6.07) is 10.1. The predicted molar refractivity (Wildman–Crippen MR) is 72.6 cm³/mol. The van der Waals surface area contributed by atoms with Crippen molar-refractivity contribution in [3.05, 3.63) is 58.5 Å². The molecule has 0 radical (unpaired) electrons. The molecule has 5 heteroatoms. The Morgan fingerprint density at radius 2 is 2.16 bits per heavy atom. The summed E-state index contributed by atoms with van der Waals surface area (Å²) in [6.07, 6.45) is 1.48. The third kappa shape index (κ3) is 3.22. The van der Waals surface area contributed by atoms with Gasteiger partial charge >= 0.3 is 0 Å². The van der Waals surface area contributed by atoms with E-state index in [1.54, 1.807) is 30.3 Å². The van der Waals surface area contributed by atoms with Gasteiger partial charge in [0, 0.05) is 18.0 Å². The molecular formula is C14H14N2O3. The van der Waals surface area contributed by atoms with Crippen LogP contribution in [0.1, 0.15) is 17.3 Å². The second kappa shape index (κ2) is 5.86. The number of carbonyl (C=O) groups is 1. The van der Waals surface area contributed by atoms with E-state index in [0.717, 1.165) is 0 Å². The van der Waals surface area contributed by atoms with E-state index in [2.05, 4.69) is 10.3 Å². The molecule has 2 N–H and O–H groups in total. The molecule has 0 aliphatic rings. The van der Waals surface area contributed by atoms with Gasteiger partial charge in [-0.25, -0.2) is 0 Å². The molecule has 98 valence electrons. The van der Waals surface area contributed by atoms with E-state index < -0.39 is 11.5 Å². The van der Waals surface area contributed by atoms with Gasteiger partial charge in [0.2, 0.25) is 0 Å². The predicted octanol–water partition coefficient (Wildman–Crippen LogP) is 2.03. The van der Waals surface area contributed by atoms with Crippen LogP contribution in [-0.4, -0.2) is 17.5 Å². The Morgan fingerprint density at radius 1 is 1.32 bits per heavy atom. The molecule has 1 heterocycles. The molecule has 1 aromatic heterocycles. The lowest BCUT2D eigenvalue weighted by Crippen LogP contribution is -2.22. The summed E-state index contributed by atoms with van der Waals surface area (Å²) >= 11 is 0. The van der Waals surface area contributed by atoms with Crippen LogP contribution in [0.2, 0.25) is 0 Å². The van der Waals surface area contributed by atoms with Crippen molar-refractivity contribution in [2.45, 2.75) is 6.92 Å². The second-order valence-electron chi connectivity index (χ2n) is 3.83. The summed E-state index contributed by atoms with van der Waals surface area (Å²) in [5, 5.41) is 2.66. The zero-order valence-electron chi connectivity index (χ0n) is 10.5. The van der Waals surface area contributed by atoms with Crippen LogP contribution in [0.3, 0.4) is 0 Å². The number of aromatic amines is 1. The fourth-order valence-corrected chi connectivity index (χ4v) is 1.63. The Balaban J connectivity index is 2.17. The molecule has 0 unspecified atom stereocenters. The summed E-state index contributed by atoms with van der Waals surface area (Å²) in [5.74, 6) is 0.220. The van der Waals surface area contributed by atoms with Crippen molar-refractivity contribution >= 4 is 11.6 Å². The van der Waals surface area contributed by atoms with Gasteiger partial charge in [-0.2, -0.15) is 0 Å². The normalized spacial score (nSPS) is 9.95. The number of hydrogen-bond donors (Lipinski definition) is 2. The number of aromatic nitrogens is 1. The van der Waals surface area contributed by atoms with Gasteiger partial charge < -0.3 is 15.0 Å². The molecule has 0 bridgehead atoms. The van der Waals surface area contributed by atoms with Gasteiger partial charge in [0.05, 0.1) is 6.61 Å². The largest absolute Gasteiger partial charge is 0.494 e. The third-order valence-corrected chi connectivity index (χ3v) is 2.47. The number of hydrogen-bond acceptors (Lipinski definition) is 3. The Labute approximate surface area is 110 Å². The van der Waals surface area contributed by atoms with E-state index in [-0.39, 0.29) is 5.56 Å². The van der Waals surface area contributed by atoms with Crippen molar-refractivity contribution in [2.75, 3.05) is 11.9 Å². The molecule has 1 aromatic carbocycles. The Hall–Kier alpha value is -2.56. The van der Waals surface area contributed by atoms with Gasteiger partial charge in [-0.3, -0.25) is 9.59 Å². The molecule has 5 nitrogen and oxygen atoms in total.